The fraction of sp³-hybridized carbons (Fsp3) is 0.538. The average Bonchev–Trinajstić information content (AvgIpc) is 2.33. The van der Waals surface area contributed by atoms with Gasteiger partial charge in [-0.2, -0.15) is 0 Å². The largest absolute Gasteiger partial charge is 0.385 e. The Balaban J connectivity index is 1.94. The third kappa shape index (κ3) is 3.16. The Bertz CT molecular complexity index is 400. The van der Waals surface area contributed by atoms with Crippen LogP contribution in [0.15, 0.2) is 12.1 Å². The van der Waals surface area contributed by atoms with Crippen LogP contribution in [0.3, 0.4) is 0 Å². The van der Waals surface area contributed by atoms with Gasteiger partial charge in [-0.15, -0.1) is 0 Å². The lowest BCUT2D eigenvalue weighted by atomic mass is 9.98. The van der Waals surface area contributed by atoms with Crippen LogP contribution in [0.2, 0.25) is 0 Å². The van der Waals surface area contributed by atoms with Crippen LogP contribution in [-0.4, -0.2) is 31.6 Å². The summed E-state index contributed by atoms with van der Waals surface area (Å²) < 4.78 is 38.8. The number of benzene rings is 1. The zero-order valence-corrected chi connectivity index (χ0v) is 10.3. The summed E-state index contributed by atoms with van der Waals surface area (Å²) in [6.07, 6.45) is 2.23. The van der Waals surface area contributed by atoms with Crippen LogP contribution in [-0.2, 0) is 0 Å². The predicted octanol–water partition coefficient (Wildman–Crippen LogP) is 2.86. The first kappa shape index (κ1) is 13.2. The fourth-order valence-corrected chi connectivity index (χ4v) is 2.36. The molecule has 1 saturated heterocycles. The van der Waals surface area contributed by atoms with Crippen molar-refractivity contribution in [2.24, 2.45) is 5.92 Å². The number of halogens is 3. The van der Waals surface area contributed by atoms with Crippen molar-refractivity contribution in [2.45, 2.75) is 12.8 Å². The summed E-state index contributed by atoms with van der Waals surface area (Å²) in [6.45, 7) is 2.71. The van der Waals surface area contributed by atoms with E-state index in [-0.39, 0.29) is 0 Å². The number of rotatable bonds is 3. The van der Waals surface area contributed by atoms with Crippen molar-refractivity contribution < 1.29 is 13.2 Å². The van der Waals surface area contributed by atoms with Gasteiger partial charge in [-0.3, -0.25) is 0 Å². The molecule has 0 bridgehead atoms. The molecule has 2 rings (SSSR count). The van der Waals surface area contributed by atoms with Crippen LogP contribution >= 0.6 is 0 Å². The number of nitrogens with one attached hydrogen (secondary N) is 1. The Hall–Kier alpha value is -1.23. The van der Waals surface area contributed by atoms with Gasteiger partial charge in [0.1, 0.15) is 0 Å². The van der Waals surface area contributed by atoms with Crippen molar-refractivity contribution in [3.05, 3.63) is 29.6 Å². The maximum absolute atomic E-state index is 13.0. The molecule has 0 spiro atoms. The van der Waals surface area contributed by atoms with Crippen molar-refractivity contribution in [1.82, 2.24) is 4.90 Å². The molecule has 1 atom stereocenters. The molecule has 1 N–H and O–H groups in total. The zero-order valence-electron chi connectivity index (χ0n) is 10.3. The summed E-state index contributed by atoms with van der Waals surface area (Å²) >= 11 is 0. The topological polar surface area (TPSA) is 15.3 Å². The molecule has 1 aliphatic rings. The number of hydrogen-bond donors (Lipinski definition) is 1. The third-order valence-electron chi connectivity index (χ3n) is 3.30. The molecule has 0 radical (unpaired) electrons. The molecule has 1 heterocycles. The van der Waals surface area contributed by atoms with Gasteiger partial charge in [0.05, 0.1) is 0 Å². The Kier molecular flexibility index (Phi) is 4.11. The van der Waals surface area contributed by atoms with E-state index >= 15 is 0 Å². The molecule has 0 amide bonds. The van der Waals surface area contributed by atoms with Gasteiger partial charge in [-0.25, -0.2) is 13.2 Å². The van der Waals surface area contributed by atoms with E-state index in [4.69, 9.17) is 0 Å². The van der Waals surface area contributed by atoms with E-state index in [1.807, 2.05) is 0 Å². The Labute approximate surface area is 105 Å². The van der Waals surface area contributed by atoms with E-state index in [2.05, 4.69) is 17.3 Å². The van der Waals surface area contributed by atoms with E-state index in [9.17, 15) is 13.2 Å². The van der Waals surface area contributed by atoms with E-state index < -0.39 is 17.5 Å². The lowest BCUT2D eigenvalue weighted by Gasteiger charge is -2.29. The van der Waals surface area contributed by atoms with Crippen molar-refractivity contribution in [3.63, 3.8) is 0 Å². The van der Waals surface area contributed by atoms with E-state index in [0.29, 0.717) is 18.2 Å². The van der Waals surface area contributed by atoms with Crippen molar-refractivity contribution >= 4 is 5.69 Å². The van der Waals surface area contributed by atoms with E-state index in [1.54, 1.807) is 0 Å². The number of hydrogen-bond acceptors (Lipinski definition) is 2. The van der Waals surface area contributed by atoms with Crippen LogP contribution in [0.1, 0.15) is 12.8 Å². The zero-order chi connectivity index (χ0) is 13.1. The van der Waals surface area contributed by atoms with Crippen LogP contribution < -0.4 is 5.32 Å². The Morgan fingerprint density at radius 2 is 1.94 bits per heavy atom. The molecule has 2 nitrogen and oxygen atoms in total. The van der Waals surface area contributed by atoms with Gasteiger partial charge >= 0.3 is 0 Å². The number of likely N-dealkylation sites (tertiary alicyclic amines) is 1. The van der Waals surface area contributed by atoms with Gasteiger partial charge in [-0.05, 0) is 32.4 Å². The van der Waals surface area contributed by atoms with Gasteiger partial charge in [0, 0.05) is 30.9 Å². The van der Waals surface area contributed by atoms with Gasteiger partial charge in [0.25, 0.3) is 0 Å². The first-order valence-corrected chi connectivity index (χ1v) is 6.13. The number of anilines is 1. The molecule has 0 saturated carbocycles. The van der Waals surface area contributed by atoms with Crippen molar-refractivity contribution in [1.29, 1.82) is 0 Å². The fourth-order valence-electron chi connectivity index (χ4n) is 2.36. The Morgan fingerprint density at radius 1 is 1.28 bits per heavy atom. The highest BCUT2D eigenvalue weighted by molar-refractivity contribution is 5.44. The second kappa shape index (κ2) is 5.61. The highest BCUT2D eigenvalue weighted by Gasteiger charge is 2.17. The number of piperidine rings is 1. The summed E-state index contributed by atoms with van der Waals surface area (Å²) in [5.74, 6) is -3.27. The minimum atomic E-state index is -1.42. The summed E-state index contributed by atoms with van der Waals surface area (Å²) in [6, 6.07) is 1.98. The molecule has 100 valence electrons. The molecule has 1 aromatic rings. The Morgan fingerprint density at radius 3 is 2.56 bits per heavy atom. The molecule has 1 aliphatic heterocycles. The molecule has 18 heavy (non-hydrogen) atoms. The third-order valence-corrected chi connectivity index (χ3v) is 3.30. The minimum Gasteiger partial charge on any atom is -0.385 e. The highest BCUT2D eigenvalue weighted by Crippen LogP contribution is 2.19. The molecule has 5 heteroatoms. The summed E-state index contributed by atoms with van der Waals surface area (Å²) in [4.78, 5) is 2.24. The predicted molar refractivity (Wildman–Crippen MR) is 65.0 cm³/mol. The monoisotopic (exact) mass is 258 g/mol. The van der Waals surface area contributed by atoms with Gasteiger partial charge in [-0.1, -0.05) is 0 Å². The van der Waals surface area contributed by atoms with Crippen LogP contribution in [0.5, 0.6) is 0 Å². The molecular formula is C13H17F3N2. The smallest absolute Gasteiger partial charge is 0.194 e. The summed E-state index contributed by atoms with van der Waals surface area (Å²) in [5, 5.41) is 2.97. The lowest BCUT2D eigenvalue weighted by molar-refractivity contribution is 0.217. The van der Waals surface area contributed by atoms with E-state index in [0.717, 1.165) is 38.1 Å². The quantitative estimate of drug-likeness (QED) is 0.839. The second-order valence-corrected chi connectivity index (χ2v) is 4.91. The maximum atomic E-state index is 13.0. The SMILES string of the molecule is CN1CCCC(CNc2cc(F)c(F)c(F)c2)C1. The van der Waals surface area contributed by atoms with Gasteiger partial charge in [0.2, 0.25) is 0 Å². The van der Waals surface area contributed by atoms with Crippen molar-refractivity contribution in [2.75, 3.05) is 32.0 Å². The van der Waals surface area contributed by atoms with Crippen LogP contribution in [0, 0.1) is 23.4 Å². The number of nitrogens with zero attached hydrogens (tertiary/aromatic N) is 1. The summed E-state index contributed by atoms with van der Waals surface area (Å²) in [5.41, 5.74) is 0.291. The van der Waals surface area contributed by atoms with Crippen LogP contribution in [0.25, 0.3) is 0 Å². The molecule has 0 aliphatic carbocycles. The highest BCUT2D eigenvalue weighted by atomic mass is 19.2. The van der Waals surface area contributed by atoms with Crippen molar-refractivity contribution in [3.8, 4) is 0 Å². The van der Waals surface area contributed by atoms with Gasteiger partial charge in [0.15, 0.2) is 17.5 Å². The lowest BCUT2D eigenvalue weighted by Crippen LogP contribution is -2.35. The molecule has 1 fully saturated rings. The molecule has 0 aromatic heterocycles. The standard InChI is InChI=1S/C13H17F3N2/c1-18-4-2-3-9(8-18)7-17-10-5-11(14)13(16)12(15)6-10/h5-6,9,17H,2-4,7-8H2,1H3. The van der Waals surface area contributed by atoms with Gasteiger partial charge < -0.3 is 10.2 Å². The average molecular weight is 258 g/mol. The normalized spacial score (nSPS) is 21.0. The molecule has 1 aromatic carbocycles. The molecular weight excluding hydrogens is 241 g/mol. The molecule has 1 unspecified atom stereocenters. The minimum absolute atomic E-state index is 0.291. The first-order chi connectivity index (χ1) is 8.56. The summed E-state index contributed by atoms with van der Waals surface area (Å²) in [7, 11) is 2.06. The second-order valence-electron chi connectivity index (χ2n) is 4.91. The van der Waals surface area contributed by atoms with E-state index in [1.165, 1.54) is 0 Å². The maximum Gasteiger partial charge on any atom is 0.194 e. The van der Waals surface area contributed by atoms with Crippen LogP contribution in [0.4, 0.5) is 18.9 Å². The first-order valence-electron chi connectivity index (χ1n) is 6.13.